The van der Waals surface area contributed by atoms with Crippen molar-refractivity contribution in [1.82, 2.24) is 0 Å². The van der Waals surface area contributed by atoms with Gasteiger partial charge >= 0.3 is 19.8 Å². The second-order valence-corrected chi connectivity index (χ2v) is 20.6. The first-order chi connectivity index (χ1) is 32.8. The van der Waals surface area contributed by atoms with Gasteiger partial charge in [0.25, 0.3) is 0 Å². The summed E-state index contributed by atoms with van der Waals surface area (Å²) in [5.41, 5.74) is 5.38. The number of carbonyl (C=O) groups excluding carboxylic acids is 2. The first kappa shape index (κ1) is 65.2. The normalized spacial score (nSPS) is 13.3. The van der Waals surface area contributed by atoms with E-state index in [2.05, 4.69) is 50.3 Å². The molecule has 10 heteroatoms. The van der Waals surface area contributed by atoms with Gasteiger partial charge in [-0.05, 0) is 70.6 Å². The number of rotatable bonds is 54. The van der Waals surface area contributed by atoms with E-state index in [4.69, 9.17) is 24.3 Å². The SMILES string of the molecule is CCCCC/C=C\C/C=C\CCCCCCCCCCCC(=O)OC(COC(=O)CCCCCCCCCCCCCCCCC/C=C\CCCCCCCCCC)COP(=O)(O)OCCN. The van der Waals surface area contributed by atoms with Crippen molar-refractivity contribution in [3.8, 4) is 0 Å². The molecule has 2 unspecified atom stereocenters. The number of phosphoric acid groups is 1. The van der Waals surface area contributed by atoms with E-state index in [-0.39, 0.29) is 38.6 Å². The van der Waals surface area contributed by atoms with E-state index >= 15 is 0 Å². The Morgan fingerprint density at radius 2 is 0.776 bits per heavy atom. The Morgan fingerprint density at radius 3 is 1.18 bits per heavy atom. The maximum Gasteiger partial charge on any atom is 0.472 e. The Kier molecular flexibility index (Phi) is 52.2. The molecule has 3 N–H and O–H groups in total. The minimum atomic E-state index is -4.38. The molecule has 394 valence electrons. The van der Waals surface area contributed by atoms with Crippen LogP contribution in [-0.4, -0.2) is 49.3 Å². The summed E-state index contributed by atoms with van der Waals surface area (Å²) in [6.45, 7) is 3.75. The van der Waals surface area contributed by atoms with Crippen LogP contribution in [0.2, 0.25) is 0 Å². The molecule has 0 aromatic heterocycles. The first-order valence-corrected chi connectivity index (χ1v) is 30.0. The third-order valence-electron chi connectivity index (χ3n) is 12.5. The number of carbonyl (C=O) groups is 2. The van der Waals surface area contributed by atoms with Crippen molar-refractivity contribution < 1.29 is 37.6 Å². The smallest absolute Gasteiger partial charge is 0.462 e. The zero-order valence-corrected chi connectivity index (χ0v) is 44.8. The van der Waals surface area contributed by atoms with Crippen molar-refractivity contribution in [3.63, 3.8) is 0 Å². The molecule has 0 aromatic carbocycles. The second kappa shape index (κ2) is 53.6. The Balaban J connectivity index is 3.93. The molecule has 0 aliphatic carbocycles. The fourth-order valence-electron chi connectivity index (χ4n) is 8.25. The lowest BCUT2D eigenvalue weighted by Crippen LogP contribution is -2.29. The van der Waals surface area contributed by atoms with E-state index in [1.54, 1.807) is 0 Å². The van der Waals surface area contributed by atoms with Gasteiger partial charge in [-0.25, -0.2) is 4.57 Å². The van der Waals surface area contributed by atoms with E-state index in [9.17, 15) is 19.0 Å². The summed E-state index contributed by atoms with van der Waals surface area (Å²) in [6, 6.07) is 0. The fraction of sp³-hybridized carbons (Fsp3) is 0.860. The highest BCUT2D eigenvalue weighted by molar-refractivity contribution is 7.47. The monoisotopic (exact) mass is 966 g/mol. The molecule has 67 heavy (non-hydrogen) atoms. The standard InChI is InChI=1S/C57H108NO8P/c1-3-5-7-9-11-13-15-17-19-21-23-24-25-26-27-28-29-30-32-33-35-37-39-41-43-45-47-49-56(59)63-53-55(54-65-67(61,62)64-52-51-58)66-57(60)50-48-46-44-42-40-38-36-34-31-22-20-18-16-14-12-10-8-6-4-2/h12,14,18,20-21,23,55H,3-11,13,15-17,19,22,24-54,58H2,1-2H3,(H,61,62)/b14-12-,20-18-,23-21-. The Morgan fingerprint density at radius 1 is 0.448 bits per heavy atom. The maximum absolute atomic E-state index is 12.7. The van der Waals surface area contributed by atoms with Crippen molar-refractivity contribution in [2.75, 3.05) is 26.4 Å². The third kappa shape index (κ3) is 53.4. The van der Waals surface area contributed by atoms with Gasteiger partial charge in [-0.2, -0.15) is 0 Å². The van der Waals surface area contributed by atoms with Crippen LogP contribution >= 0.6 is 7.82 Å². The average Bonchev–Trinajstić information content (AvgIpc) is 3.32. The van der Waals surface area contributed by atoms with E-state index in [1.807, 2.05) is 0 Å². The molecular weight excluding hydrogens is 858 g/mol. The number of esters is 2. The number of allylic oxidation sites excluding steroid dienone is 6. The third-order valence-corrected chi connectivity index (χ3v) is 13.5. The number of phosphoric ester groups is 1. The van der Waals surface area contributed by atoms with Crippen LogP contribution in [0, 0.1) is 0 Å². The molecular formula is C57H108NO8P. The molecule has 0 rings (SSSR count). The molecule has 9 nitrogen and oxygen atoms in total. The van der Waals surface area contributed by atoms with Crippen LogP contribution in [0.1, 0.15) is 284 Å². The number of hydrogen-bond donors (Lipinski definition) is 2. The van der Waals surface area contributed by atoms with Gasteiger partial charge in [0.1, 0.15) is 6.61 Å². The highest BCUT2D eigenvalue weighted by atomic mass is 31.2. The first-order valence-electron chi connectivity index (χ1n) is 28.5. The summed E-state index contributed by atoms with van der Waals surface area (Å²) in [5.74, 6) is -0.821. The molecule has 0 radical (unpaired) electrons. The quantitative estimate of drug-likeness (QED) is 0.0264. The average molecular weight is 966 g/mol. The lowest BCUT2D eigenvalue weighted by Gasteiger charge is -2.19. The minimum Gasteiger partial charge on any atom is -0.462 e. The Bertz CT molecular complexity index is 1190. The number of unbranched alkanes of at least 4 members (excludes halogenated alkanes) is 35. The van der Waals surface area contributed by atoms with Crippen LogP contribution in [0.25, 0.3) is 0 Å². The van der Waals surface area contributed by atoms with Gasteiger partial charge in [0, 0.05) is 19.4 Å². The molecule has 0 aliphatic heterocycles. The fourth-order valence-corrected chi connectivity index (χ4v) is 9.02. The lowest BCUT2D eigenvalue weighted by atomic mass is 10.0. The van der Waals surface area contributed by atoms with Gasteiger partial charge in [0.15, 0.2) is 6.10 Å². The number of nitrogens with two attached hydrogens (primary N) is 1. The molecule has 0 bridgehead atoms. The molecule has 0 spiro atoms. The van der Waals surface area contributed by atoms with Crippen LogP contribution < -0.4 is 5.73 Å². The molecule has 0 saturated carbocycles. The van der Waals surface area contributed by atoms with Crippen LogP contribution in [0.15, 0.2) is 36.5 Å². The predicted molar refractivity (Wildman–Crippen MR) is 284 cm³/mol. The zero-order chi connectivity index (χ0) is 48.8. The second-order valence-electron chi connectivity index (χ2n) is 19.2. The Hall–Kier alpha value is -1.77. The largest absolute Gasteiger partial charge is 0.472 e. The maximum atomic E-state index is 12.7. The van der Waals surface area contributed by atoms with Crippen LogP contribution in [0.5, 0.6) is 0 Å². The summed E-state index contributed by atoms with van der Waals surface area (Å²) in [5, 5.41) is 0. The molecule has 0 amide bonds. The predicted octanol–water partition coefficient (Wildman–Crippen LogP) is 17.6. The van der Waals surface area contributed by atoms with E-state index in [0.717, 1.165) is 51.4 Å². The zero-order valence-electron chi connectivity index (χ0n) is 43.9. The van der Waals surface area contributed by atoms with Crippen LogP contribution in [0.4, 0.5) is 0 Å². The highest BCUT2D eigenvalue weighted by Crippen LogP contribution is 2.43. The van der Waals surface area contributed by atoms with Crippen molar-refractivity contribution in [2.45, 2.75) is 290 Å². The van der Waals surface area contributed by atoms with Gasteiger partial charge in [-0.15, -0.1) is 0 Å². The van der Waals surface area contributed by atoms with Crippen molar-refractivity contribution in [1.29, 1.82) is 0 Å². The van der Waals surface area contributed by atoms with Crippen LogP contribution in [-0.2, 0) is 32.7 Å². The van der Waals surface area contributed by atoms with Gasteiger partial charge in [-0.1, -0.05) is 237 Å². The van der Waals surface area contributed by atoms with Crippen LogP contribution in [0.3, 0.4) is 0 Å². The minimum absolute atomic E-state index is 0.0535. The molecule has 0 heterocycles. The molecule has 0 fully saturated rings. The van der Waals surface area contributed by atoms with Gasteiger partial charge in [-0.3, -0.25) is 18.6 Å². The Labute approximate surface area is 414 Å². The van der Waals surface area contributed by atoms with Crippen molar-refractivity contribution in [2.24, 2.45) is 5.73 Å². The van der Waals surface area contributed by atoms with E-state index < -0.39 is 26.5 Å². The highest BCUT2D eigenvalue weighted by Gasteiger charge is 2.26. The molecule has 2 atom stereocenters. The van der Waals surface area contributed by atoms with Crippen molar-refractivity contribution >= 4 is 19.8 Å². The van der Waals surface area contributed by atoms with E-state index in [1.165, 1.54) is 199 Å². The van der Waals surface area contributed by atoms with Crippen molar-refractivity contribution in [3.05, 3.63) is 36.5 Å². The van der Waals surface area contributed by atoms with Gasteiger partial charge in [0.05, 0.1) is 13.2 Å². The molecule has 0 saturated heterocycles. The number of ether oxygens (including phenoxy) is 2. The molecule has 0 aromatic rings. The molecule has 0 aliphatic rings. The van der Waals surface area contributed by atoms with Gasteiger partial charge in [0.2, 0.25) is 0 Å². The lowest BCUT2D eigenvalue weighted by molar-refractivity contribution is -0.161. The summed E-state index contributed by atoms with van der Waals surface area (Å²) in [7, 11) is -4.38. The van der Waals surface area contributed by atoms with E-state index in [0.29, 0.717) is 6.42 Å². The summed E-state index contributed by atoms with van der Waals surface area (Å²) in [4.78, 5) is 35.1. The van der Waals surface area contributed by atoms with Gasteiger partial charge < -0.3 is 20.1 Å². The summed E-state index contributed by atoms with van der Waals surface area (Å²) < 4.78 is 33.0. The summed E-state index contributed by atoms with van der Waals surface area (Å²) >= 11 is 0. The number of hydrogen-bond acceptors (Lipinski definition) is 8. The topological polar surface area (TPSA) is 134 Å². The summed E-state index contributed by atoms with van der Waals surface area (Å²) in [6.07, 6.45) is 63.4.